The van der Waals surface area contributed by atoms with Crippen LogP contribution >= 0.6 is 12.2 Å². The van der Waals surface area contributed by atoms with Crippen molar-refractivity contribution in [2.75, 3.05) is 6.61 Å². The lowest BCUT2D eigenvalue weighted by Crippen LogP contribution is -2.06. The van der Waals surface area contributed by atoms with E-state index in [0.717, 1.165) is 12.0 Å². The normalized spacial score (nSPS) is 9.88. The average molecular weight is 243 g/mol. The summed E-state index contributed by atoms with van der Waals surface area (Å²) in [7, 11) is 0. The molecule has 0 fully saturated rings. The molecule has 1 heterocycles. The number of aromatic nitrogens is 1. The topological polar surface area (TPSA) is 22.1 Å². The highest BCUT2D eigenvalue weighted by molar-refractivity contribution is 7.80. The minimum Gasteiger partial charge on any atom is -0.483 e. The first-order valence-electron chi connectivity index (χ1n) is 5.47. The van der Waals surface area contributed by atoms with Crippen LogP contribution in [0.4, 0.5) is 0 Å². The van der Waals surface area contributed by atoms with Gasteiger partial charge >= 0.3 is 0 Å². The highest BCUT2D eigenvalue weighted by Crippen LogP contribution is 2.04. The lowest BCUT2D eigenvalue weighted by atomic mass is 10.2. The molecule has 2 nitrogen and oxygen atoms in total. The Hall–Kier alpha value is -1.74. The molecule has 3 heteroatoms. The predicted octanol–water partition coefficient (Wildman–Crippen LogP) is 3.02. The molecule has 1 aromatic heterocycles. The van der Waals surface area contributed by atoms with Crippen LogP contribution in [0, 0.1) is 0 Å². The maximum Gasteiger partial charge on any atom is 0.191 e. The third-order valence-electron chi connectivity index (χ3n) is 2.38. The number of thiocarbonyl (C=S) groups is 1. The molecule has 86 valence electrons. The van der Waals surface area contributed by atoms with Crippen molar-refractivity contribution in [3.63, 3.8) is 0 Å². The monoisotopic (exact) mass is 243 g/mol. The van der Waals surface area contributed by atoms with Crippen LogP contribution in [-0.4, -0.2) is 16.6 Å². The third kappa shape index (κ3) is 3.64. The molecule has 0 aliphatic heterocycles. The van der Waals surface area contributed by atoms with Crippen molar-refractivity contribution in [2.24, 2.45) is 0 Å². The number of nitrogens with zero attached hydrogens (tertiary/aromatic N) is 1. The number of benzene rings is 1. The zero-order chi connectivity index (χ0) is 11.9. The van der Waals surface area contributed by atoms with Gasteiger partial charge in [0, 0.05) is 24.4 Å². The Morgan fingerprint density at radius 3 is 2.47 bits per heavy atom. The fourth-order valence-corrected chi connectivity index (χ4v) is 1.69. The number of rotatable bonds is 4. The Labute approximate surface area is 106 Å². The second-order valence-corrected chi connectivity index (χ2v) is 3.98. The fraction of sp³-hybridized carbons (Fsp3) is 0.143. The van der Waals surface area contributed by atoms with Crippen molar-refractivity contribution in [1.82, 2.24) is 4.98 Å². The van der Waals surface area contributed by atoms with Crippen molar-refractivity contribution in [1.29, 1.82) is 0 Å². The SMILES string of the molecule is S=C(OCCc1ccncc1)c1ccccc1. The Morgan fingerprint density at radius 2 is 1.76 bits per heavy atom. The minimum absolute atomic E-state index is 0.555. The summed E-state index contributed by atoms with van der Waals surface area (Å²) in [5, 5.41) is 0.555. The summed E-state index contributed by atoms with van der Waals surface area (Å²) in [5.74, 6) is 0. The summed E-state index contributed by atoms with van der Waals surface area (Å²) >= 11 is 5.20. The largest absolute Gasteiger partial charge is 0.483 e. The van der Waals surface area contributed by atoms with E-state index in [-0.39, 0.29) is 0 Å². The number of hydrogen-bond acceptors (Lipinski definition) is 3. The fourth-order valence-electron chi connectivity index (χ4n) is 1.47. The smallest absolute Gasteiger partial charge is 0.191 e. The van der Waals surface area contributed by atoms with Crippen LogP contribution in [0.25, 0.3) is 0 Å². The van der Waals surface area contributed by atoms with Crippen molar-refractivity contribution >= 4 is 17.3 Å². The molecule has 0 amide bonds. The van der Waals surface area contributed by atoms with Crippen LogP contribution in [0.15, 0.2) is 54.9 Å². The number of ether oxygens (including phenoxy) is 1. The van der Waals surface area contributed by atoms with E-state index in [4.69, 9.17) is 17.0 Å². The van der Waals surface area contributed by atoms with E-state index < -0.39 is 0 Å². The second-order valence-electron chi connectivity index (χ2n) is 3.61. The van der Waals surface area contributed by atoms with Gasteiger partial charge in [0.05, 0.1) is 6.61 Å². The van der Waals surface area contributed by atoms with E-state index in [0.29, 0.717) is 11.7 Å². The summed E-state index contributed by atoms with van der Waals surface area (Å²) < 4.78 is 5.54. The predicted molar refractivity (Wildman–Crippen MR) is 72.0 cm³/mol. The van der Waals surface area contributed by atoms with Gasteiger partial charge in [-0.3, -0.25) is 4.98 Å². The summed E-state index contributed by atoms with van der Waals surface area (Å²) in [6, 6.07) is 13.7. The lowest BCUT2D eigenvalue weighted by Gasteiger charge is -2.07. The molecule has 2 aromatic rings. The van der Waals surface area contributed by atoms with E-state index in [2.05, 4.69) is 4.98 Å². The van der Waals surface area contributed by atoms with Crippen LogP contribution in [0.1, 0.15) is 11.1 Å². The van der Waals surface area contributed by atoms with Gasteiger partial charge in [-0.25, -0.2) is 0 Å². The van der Waals surface area contributed by atoms with E-state index in [1.165, 1.54) is 5.56 Å². The third-order valence-corrected chi connectivity index (χ3v) is 2.74. The highest BCUT2D eigenvalue weighted by atomic mass is 32.1. The summed E-state index contributed by atoms with van der Waals surface area (Å²) in [6.07, 6.45) is 4.41. The number of hydrogen-bond donors (Lipinski definition) is 0. The van der Waals surface area contributed by atoms with Crippen LogP contribution in [0.2, 0.25) is 0 Å². The standard InChI is InChI=1S/C14H13NOS/c17-14(13-4-2-1-3-5-13)16-11-8-12-6-9-15-10-7-12/h1-7,9-10H,8,11H2. The molecule has 0 unspecified atom stereocenters. The molecular weight excluding hydrogens is 230 g/mol. The molecule has 0 spiro atoms. The van der Waals surface area contributed by atoms with E-state index in [9.17, 15) is 0 Å². The maximum atomic E-state index is 5.54. The van der Waals surface area contributed by atoms with Gasteiger partial charge in [0.2, 0.25) is 0 Å². The van der Waals surface area contributed by atoms with Crippen molar-refractivity contribution in [3.05, 3.63) is 66.0 Å². The first-order chi connectivity index (χ1) is 8.36. The molecule has 2 rings (SSSR count). The average Bonchev–Trinajstić information content (AvgIpc) is 2.41. The summed E-state index contributed by atoms with van der Waals surface area (Å²) in [4.78, 5) is 3.97. The Balaban J connectivity index is 1.82. The second kappa shape index (κ2) is 6.11. The van der Waals surface area contributed by atoms with Crippen LogP contribution in [-0.2, 0) is 11.2 Å². The van der Waals surface area contributed by atoms with E-state index in [1.807, 2.05) is 42.5 Å². The van der Waals surface area contributed by atoms with Gasteiger partial charge < -0.3 is 4.74 Å². The number of pyridine rings is 1. The molecule has 0 saturated heterocycles. The van der Waals surface area contributed by atoms with Gasteiger partial charge in [0.15, 0.2) is 5.05 Å². The minimum atomic E-state index is 0.555. The van der Waals surface area contributed by atoms with Gasteiger partial charge in [0.1, 0.15) is 0 Å². The zero-order valence-electron chi connectivity index (χ0n) is 9.37. The Kier molecular flexibility index (Phi) is 4.22. The first-order valence-corrected chi connectivity index (χ1v) is 5.88. The van der Waals surface area contributed by atoms with Crippen molar-refractivity contribution in [3.8, 4) is 0 Å². The first kappa shape index (κ1) is 11.7. The van der Waals surface area contributed by atoms with E-state index in [1.54, 1.807) is 12.4 Å². The van der Waals surface area contributed by atoms with E-state index >= 15 is 0 Å². The molecule has 0 aliphatic rings. The highest BCUT2D eigenvalue weighted by Gasteiger charge is 2.00. The molecule has 0 N–H and O–H groups in total. The van der Waals surface area contributed by atoms with Gasteiger partial charge in [-0.2, -0.15) is 0 Å². The van der Waals surface area contributed by atoms with Crippen LogP contribution in [0.5, 0.6) is 0 Å². The summed E-state index contributed by atoms with van der Waals surface area (Å²) in [5.41, 5.74) is 2.16. The lowest BCUT2D eigenvalue weighted by molar-refractivity contribution is 0.318. The Bertz CT molecular complexity index is 470. The van der Waals surface area contributed by atoms with Gasteiger partial charge in [-0.1, -0.05) is 30.3 Å². The van der Waals surface area contributed by atoms with Crippen molar-refractivity contribution < 1.29 is 4.74 Å². The summed E-state index contributed by atoms with van der Waals surface area (Å²) in [6.45, 7) is 0.595. The maximum absolute atomic E-state index is 5.54. The molecule has 17 heavy (non-hydrogen) atoms. The van der Waals surface area contributed by atoms with Crippen LogP contribution < -0.4 is 0 Å². The molecule has 0 aliphatic carbocycles. The molecule has 0 saturated carbocycles. The van der Waals surface area contributed by atoms with Gasteiger partial charge in [-0.05, 0) is 29.9 Å². The molecular formula is C14H13NOS. The molecule has 1 aromatic carbocycles. The molecule has 0 radical (unpaired) electrons. The molecule has 0 bridgehead atoms. The quantitative estimate of drug-likeness (QED) is 0.771. The molecule has 0 atom stereocenters. The van der Waals surface area contributed by atoms with Gasteiger partial charge in [-0.15, -0.1) is 0 Å². The zero-order valence-corrected chi connectivity index (χ0v) is 10.2. The Morgan fingerprint density at radius 1 is 1.06 bits per heavy atom. The van der Waals surface area contributed by atoms with Crippen LogP contribution in [0.3, 0.4) is 0 Å². The van der Waals surface area contributed by atoms with Gasteiger partial charge in [0.25, 0.3) is 0 Å². The van der Waals surface area contributed by atoms with Crippen molar-refractivity contribution in [2.45, 2.75) is 6.42 Å².